The smallest absolute Gasteiger partial charge is 0.326 e. The van der Waals surface area contributed by atoms with Crippen LogP contribution in [0.25, 0.3) is 0 Å². The monoisotopic (exact) mass is 459 g/mol. The summed E-state index contributed by atoms with van der Waals surface area (Å²) in [6.45, 7) is 0.235. The molecular weight excluding hydrogens is 437 g/mol. The molecule has 15 heteroatoms. The van der Waals surface area contributed by atoms with Gasteiger partial charge in [-0.15, -0.1) is 0 Å². The molecule has 1 unspecified atom stereocenters. The molecule has 6 N–H and O–H groups in total. The molecule has 0 bridgehead atoms. The van der Waals surface area contributed by atoms with Gasteiger partial charge in [0.05, 0.1) is 4.92 Å². The Kier molecular flexibility index (Phi) is 10.2. The second-order valence-corrected chi connectivity index (χ2v) is 6.52. The number of carboxylic acids is 3. The van der Waals surface area contributed by atoms with Crippen molar-refractivity contribution in [1.82, 2.24) is 15.6 Å². The Morgan fingerprint density at radius 2 is 1.62 bits per heavy atom. The van der Waals surface area contributed by atoms with Crippen molar-refractivity contribution in [2.45, 2.75) is 44.2 Å². The molecule has 0 aromatic carbocycles. The van der Waals surface area contributed by atoms with Crippen LogP contribution in [0.5, 0.6) is 0 Å². The number of urea groups is 1. The predicted molar refractivity (Wildman–Crippen MR) is 105 cm³/mol. The molecule has 2 amide bonds. The minimum atomic E-state index is -1.50. The number of hydrogen-bond acceptors (Lipinski definition) is 8. The highest BCUT2D eigenvalue weighted by molar-refractivity contribution is 5.86. The quantitative estimate of drug-likeness (QED) is 0.0987. The van der Waals surface area contributed by atoms with E-state index >= 15 is 0 Å². The van der Waals surface area contributed by atoms with Crippen molar-refractivity contribution in [3.63, 3.8) is 0 Å². The fourth-order valence-corrected chi connectivity index (χ4v) is 2.49. The minimum absolute atomic E-state index is 0.0145. The lowest BCUT2D eigenvalue weighted by molar-refractivity contribution is -0.388. The number of carboxylic acid groups (broad SMARTS) is 3. The lowest BCUT2D eigenvalue weighted by Crippen LogP contribution is -2.51. The van der Waals surface area contributed by atoms with E-state index < -0.39 is 59.0 Å². The number of nitro groups is 1. The van der Waals surface area contributed by atoms with Crippen molar-refractivity contribution in [3.8, 4) is 0 Å². The van der Waals surface area contributed by atoms with E-state index in [1.165, 1.54) is 6.07 Å². The number of aliphatic carboxylic acids is 3. The van der Waals surface area contributed by atoms with Crippen LogP contribution in [0.3, 0.4) is 0 Å². The number of rotatable bonds is 14. The number of aromatic nitrogens is 1. The number of carbonyl (C=O) groups excluding carboxylic acids is 1. The molecule has 0 spiro atoms. The normalized spacial score (nSPS) is 12.3. The molecule has 0 aliphatic rings. The van der Waals surface area contributed by atoms with Crippen molar-refractivity contribution < 1.29 is 43.8 Å². The Morgan fingerprint density at radius 1 is 1.03 bits per heavy atom. The first-order valence-electron chi connectivity index (χ1n) is 9.30. The molecule has 32 heavy (non-hydrogen) atoms. The van der Waals surface area contributed by atoms with E-state index in [0.717, 1.165) is 6.07 Å². The van der Waals surface area contributed by atoms with Gasteiger partial charge in [-0.05, 0) is 31.7 Å². The predicted octanol–water partition coefficient (Wildman–Crippen LogP) is 0.782. The molecule has 0 aliphatic heterocycles. The summed E-state index contributed by atoms with van der Waals surface area (Å²) < 4.78 is 13.5. The Hall–Kier alpha value is -4.04. The summed E-state index contributed by atoms with van der Waals surface area (Å²) in [4.78, 5) is 57.9. The van der Waals surface area contributed by atoms with Crippen LogP contribution in [0.4, 0.5) is 20.7 Å². The Balaban J connectivity index is 2.46. The lowest BCUT2D eigenvalue weighted by Gasteiger charge is -2.18. The van der Waals surface area contributed by atoms with Gasteiger partial charge in [0.15, 0.2) is 0 Å². The largest absolute Gasteiger partial charge is 0.481 e. The van der Waals surface area contributed by atoms with Crippen LogP contribution in [-0.2, 0) is 14.4 Å². The number of unbranched alkanes of at least 4 members (excludes halogenated alkanes) is 1. The summed E-state index contributed by atoms with van der Waals surface area (Å²) >= 11 is 0. The highest BCUT2D eigenvalue weighted by Crippen LogP contribution is 2.17. The Labute approximate surface area is 180 Å². The topological polar surface area (TPSA) is 221 Å². The van der Waals surface area contributed by atoms with Crippen LogP contribution in [0, 0.1) is 16.1 Å². The van der Waals surface area contributed by atoms with Gasteiger partial charge in [0.25, 0.3) is 5.95 Å². The number of nitrogens with one attached hydrogen (secondary N) is 3. The number of halogens is 1. The van der Waals surface area contributed by atoms with E-state index in [9.17, 15) is 38.8 Å². The maximum absolute atomic E-state index is 13.5. The third-order valence-electron chi connectivity index (χ3n) is 4.11. The van der Waals surface area contributed by atoms with Crippen LogP contribution in [0.15, 0.2) is 12.1 Å². The van der Waals surface area contributed by atoms with Gasteiger partial charge in [-0.25, -0.2) is 14.4 Å². The molecule has 1 rings (SSSR count). The fraction of sp³-hybridized carbons (Fsp3) is 0.471. The molecule has 0 radical (unpaired) electrons. The van der Waals surface area contributed by atoms with Gasteiger partial charge in [-0.3, -0.25) is 14.9 Å². The van der Waals surface area contributed by atoms with Gasteiger partial charge < -0.3 is 31.3 Å². The Bertz CT molecular complexity index is 867. The van der Waals surface area contributed by atoms with Crippen LogP contribution in [0.1, 0.15) is 32.1 Å². The Morgan fingerprint density at radius 3 is 2.12 bits per heavy atom. The standard InChI is InChI=1S/C17H22FN5O9/c18-14-11(23(31)32)5-6-12(22-14)19-8-2-1-3-9(15(26)27)20-17(30)21-10(16(28)29)4-7-13(24)25/h5-6,9-10H,1-4,7-8H2,(H,19,22)(H,24,25)(H,26,27)(H,28,29)(H2,20,21,30)/t9-,10?/m0/s1. The third kappa shape index (κ3) is 9.19. The fourth-order valence-electron chi connectivity index (χ4n) is 2.49. The van der Waals surface area contributed by atoms with E-state index in [2.05, 4.69) is 15.6 Å². The second-order valence-electron chi connectivity index (χ2n) is 6.52. The van der Waals surface area contributed by atoms with E-state index in [1.54, 1.807) is 0 Å². The summed E-state index contributed by atoms with van der Waals surface area (Å²) in [5, 5.41) is 44.2. The maximum atomic E-state index is 13.5. The van der Waals surface area contributed by atoms with Crippen molar-refractivity contribution in [3.05, 3.63) is 28.2 Å². The van der Waals surface area contributed by atoms with Crippen molar-refractivity contribution in [2.75, 3.05) is 11.9 Å². The van der Waals surface area contributed by atoms with Crippen LogP contribution in [-0.4, -0.2) is 67.8 Å². The zero-order chi connectivity index (χ0) is 24.3. The van der Waals surface area contributed by atoms with E-state index in [1.807, 2.05) is 5.32 Å². The van der Waals surface area contributed by atoms with Crippen molar-refractivity contribution >= 4 is 35.4 Å². The molecule has 1 aromatic heterocycles. The third-order valence-corrected chi connectivity index (χ3v) is 4.11. The second kappa shape index (κ2) is 12.6. The average molecular weight is 459 g/mol. The summed E-state index contributed by atoms with van der Waals surface area (Å²) in [6, 6.07) is -1.73. The average Bonchev–Trinajstić information content (AvgIpc) is 2.69. The number of carbonyl (C=O) groups is 4. The molecule has 176 valence electrons. The molecule has 0 fully saturated rings. The van der Waals surface area contributed by atoms with Gasteiger partial charge in [-0.1, -0.05) is 0 Å². The van der Waals surface area contributed by atoms with Gasteiger partial charge in [-0.2, -0.15) is 9.37 Å². The highest BCUT2D eigenvalue weighted by Gasteiger charge is 2.24. The minimum Gasteiger partial charge on any atom is -0.481 e. The van der Waals surface area contributed by atoms with E-state index in [-0.39, 0.29) is 25.2 Å². The molecule has 1 aromatic rings. The van der Waals surface area contributed by atoms with Crippen LogP contribution >= 0.6 is 0 Å². The van der Waals surface area contributed by atoms with E-state index in [0.29, 0.717) is 12.8 Å². The van der Waals surface area contributed by atoms with Gasteiger partial charge >= 0.3 is 29.6 Å². The van der Waals surface area contributed by atoms with Gasteiger partial charge in [0, 0.05) is 19.0 Å². The number of anilines is 1. The zero-order valence-electron chi connectivity index (χ0n) is 16.6. The number of amides is 2. The summed E-state index contributed by atoms with van der Waals surface area (Å²) in [5.74, 6) is -5.26. The lowest BCUT2D eigenvalue weighted by atomic mass is 10.1. The highest BCUT2D eigenvalue weighted by atomic mass is 19.1. The zero-order valence-corrected chi connectivity index (χ0v) is 16.6. The first-order chi connectivity index (χ1) is 15.0. The van der Waals surface area contributed by atoms with Crippen molar-refractivity contribution in [1.29, 1.82) is 0 Å². The summed E-state index contributed by atoms with van der Waals surface area (Å²) in [6.07, 6.45) is -0.219. The van der Waals surface area contributed by atoms with Gasteiger partial charge in [0.2, 0.25) is 0 Å². The SMILES string of the molecule is O=C(O)CCC(NC(=O)N[C@@H](CCCCNc1ccc([N+](=O)[O-])c(F)n1)C(=O)O)C(=O)O. The molecule has 2 atom stereocenters. The summed E-state index contributed by atoms with van der Waals surface area (Å²) in [5.41, 5.74) is -0.766. The number of hydrogen-bond donors (Lipinski definition) is 6. The molecule has 0 aliphatic carbocycles. The maximum Gasteiger partial charge on any atom is 0.326 e. The molecular formula is C17H22FN5O9. The molecule has 0 saturated carbocycles. The van der Waals surface area contributed by atoms with Crippen LogP contribution in [0.2, 0.25) is 0 Å². The van der Waals surface area contributed by atoms with Gasteiger partial charge in [0.1, 0.15) is 17.9 Å². The summed E-state index contributed by atoms with van der Waals surface area (Å²) in [7, 11) is 0. The molecule has 1 heterocycles. The molecule has 0 saturated heterocycles. The first-order valence-corrected chi connectivity index (χ1v) is 9.30. The van der Waals surface area contributed by atoms with Crippen LogP contribution < -0.4 is 16.0 Å². The first kappa shape index (κ1) is 26.0. The molecule has 14 nitrogen and oxygen atoms in total. The number of nitrogens with zero attached hydrogens (tertiary/aromatic N) is 2. The van der Waals surface area contributed by atoms with Crippen molar-refractivity contribution in [2.24, 2.45) is 0 Å². The van der Waals surface area contributed by atoms with E-state index in [4.69, 9.17) is 10.2 Å². The number of pyridine rings is 1.